The Hall–Kier alpha value is -3.75. The molecule has 2 aromatic carbocycles. The summed E-state index contributed by atoms with van der Waals surface area (Å²) >= 11 is 0. The van der Waals surface area contributed by atoms with E-state index in [0.29, 0.717) is 41.8 Å². The van der Waals surface area contributed by atoms with Gasteiger partial charge in [-0.1, -0.05) is 5.10 Å². The zero-order valence-electron chi connectivity index (χ0n) is 17.2. The number of benzene rings is 2. The van der Waals surface area contributed by atoms with Crippen LogP contribution in [-0.4, -0.2) is 43.5 Å². The number of amides is 1. The van der Waals surface area contributed by atoms with Gasteiger partial charge in [-0.2, -0.15) is 0 Å². The van der Waals surface area contributed by atoms with Gasteiger partial charge in [0.05, 0.1) is 33.0 Å². The lowest BCUT2D eigenvalue weighted by Gasteiger charge is -2.11. The van der Waals surface area contributed by atoms with Crippen molar-refractivity contribution >= 4 is 11.9 Å². The average molecular weight is 413 g/mol. The van der Waals surface area contributed by atoms with Crippen molar-refractivity contribution in [1.29, 1.82) is 0 Å². The van der Waals surface area contributed by atoms with E-state index in [1.54, 1.807) is 36.4 Å². The van der Waals surface area contributed by atoms with Gasteiger partial charge in [0.15, 0.2) is 11.5 Å². The van der Waals surface area contributed by atoms with Gasteiger partial charge < -0.3 is 23.4 Å². The molecule has 1 N–H and O–H groups in total. The minimum atomic E-state index is -0.470. The zero-order chi connectivity index (χ0) is 21.5. The lowest BCUT2D eigenvalue weighted by Crippen LogP contribution is -2.13. The van der Waals surface area contributed by atoms with Crippen molar-refractivity contribution in [3.05, 3.63) is 42.0 Å². The van der Waals surface area contributed by atoms with Crippen LogP contribution in [0.25, 0.3) is 11.5 Å². The van der Waals surface area contributed by atoms with Crippen molar-refractivity contribution in [2.24, 2.45) is 0 Å². The summed E-state index contributed by atoms with van der Waals surface area (Å²) in [5.41, 5.74) is 0.908. The van der Waals surface area contributed by atoms with Gasteiger partial charge in [0.25, 0.3) is 5.91 Å². The highest BCUT2D eigenvalue weighted by atomic mass is 16.5. The van der Waals surface area contributed by atoms with Gasteiger partial charge in [-0.15, -0.1) is 5.10 Å². The summed E-state index contributed by atoms with van der Waals surface area (Å²) in [6.07, 6.45) is 0. The Balaban J connectivity index is 1.82. The number of nitrogens with zero attached hydrogens (tertiary/aromatic N) is 2. The Morgan fingerprint density at radius 2 is 1.67 bits per heavy atom. The number of hydrogen-bond acceptors (Lipinski definition) is 8. The minimum Gasteiger partial charge on any atom is -0.497 e. The van der Waals surface area contributed by atoms with Gasteiger partial charge in [-0.05, 0) is 50.2 Å². The van der Waals surface area contributed by atoms with Crippen LogP contribution in [0.2, 0.25) is 0 Å². The topological polar surface area (TPSA) is 105 Å². The van der Waals surface area contributed by atoms with E-state index in [-0.39, 0.29) is 17.5 Å². The van der Waals surface area contributed by atoms with Crippen molar-refractivity contribution in [1.82, 2.24) is 10.2 Å². The number of carbonyl (C=O) groups excluding carboxylic acids is 1. The molecular weight excluding hydrogens is 390 g/mol. The lowest BCUT2D eigenvalue weighted by molar-refractivity contribution is 0.102. The number of hydrogen-bond donors (Lipinski definition) is 1. The lowest BCUT2D eigenvalue weighted by atomic mass is 10.1. The SMILES string of the molecule is CCOc1ccc(-c2nnc(NC(=O)c3cc(OC)ccc3OC)o2)cc1OCC. The summed E-state index contributed by atoms with van der Waals surface area (Å²) in [5, 5.41) is 10.5. The fourth-order valence-corrected chi connectivity index (χ4v) is 2.73. The van der Waals surface area contributed by atoms with E-state index in [1.807, 2.05) is 13.8 Å². The molecule has 1 heterocycles. The first kappa shape index (κ1) is 21.0. The third-order valence-corrected chi connectivity index (χ3v) is 4.09. The molecule has 0 aliphatic carbocycles. The maximum atomic E-state index is 12.7. The van der Waals surface area contributed by atoms with E-state index in [1.165, 1.54) is 14.2 Å². The molecule has 9 heteroatoms. The number of aromatic nitrogens is 2. The van der Waals surface area contributed by atoms with Gasteiger partial charge in [-0.25, -0.2) is 0 Å². The van der Waals surface area contributed by atoms with Gasteiger partial charge in [0, 0.05) is 5.56 Å². The normalized spacial score (nSPS) is 10.4. The van der Waals surface area contributed by atoms with Gasteiger partial charge in [0.2, 0.25) is 5.89 Å². The number of methoxy groups -OCH3 is 2. The summed E-state index contributed by atoms with van der Waals surface area (Å²) in [6, 6.07) is 10.1. The highest BCUT2D eigenvalue weighted by Crippen LogP contribution is 2.33. The molecule has 1 aromatic heterocycles. The Morgan fingerprint density at radius 3 is 2.37 bits per heavy atom. The molecule has 0 aliphatic heterocycles. The summed E-state index contributed by atoms with van der Waals surface area (Å²) in [5.74, 6) is 1.86. The van der Waals surface area contributed by atoms with E-state index in [0.717, 1.165) is 0 Å². The van der Waals surface area contributed by atoms with Gasteiger partial charge >= 0.3 is 6.01 Å². The van der Waals surface area contributed by atoms with E-state index >= 15 is 0 Å². The van der Waals surface area contributed by atoms with Crippen LogP contribution in [0.4, 0.5) is 6.01 Å². The smallest absolute Gasteiger partial charge is 0.322 e. The molecule has 0 radical (unpaired) electrons. The number of nitrogens with one attached hydrogen (secondary N) is 1. The molecule has 3 aromatic rings. The number of rotatable bonds is 9. The van der Waals surface area contributed by atoms with Gasteiger partial charge in [0.1, 0.15) is 11.5 Å². The number of anilines is 1. The molecule has 9 nitrogen and oxygen atoms in total. The van der Waals surface area contributed by atoms with Crippen molar-refractivity contribution < 1.29 is 28.2 Å². The third-order valence-electron chi connectivity index (χ3n) is 4.09. The fourth-order valence-electron chi connectivity index (χ4n) is 2.73. The highest BCUT2D eigenvalue weighted by molar-refractivity contribution is 6.05. The van der Waals surface area contributed by atoms with Crippen LogP contribution in [-0.2, 0) is 0 Å². The van der Waals surface area contributed by atoms with E-state index < -0.39 is 5.91 Å². The fraction of sp³-hybridized carbons (Fsp3) is 0.286. The first-order valence-electron chi connectivity index (χ1n) is 9.36. The maximum absolute atomic E-state index is 12.7. The average Bonchev–Trinajstić information content (AvgIpc) is 3.23. The van der Waals surface area contributed by atoms with E-state index in [2.05, 4.69) is 15.5 Å². The molecule has 30 heavy (non-hydrogen) atoms. The summed E-state index contributed by atoms with van der Waals surface area (Å²) < 4.78 is 27.2. The van der Waals surface area contributed by atoms with Crippen molar-refractivity contribution in [2.75, 3.05) is 32.8 Å². The summed E-state index contributed by atoms with van der Waals surface area (Å²) in [4.78, 5) is 12.7. The van der Waals surface area contributed by atoms with Crippen LogP contribution in [0, 0.1) is 0 Å². The largest absolute Gasteiger partial charge is 0.497 e. The van der Waals surface area contributed by atoms with Crippen LogP contribution in [0.1, 0.15) is 24.2 Å². The predicted molar refractivity (Wildman–Crippen MR) is 110 cm³/mol. The maximum Gasteiger partial charge on any atom is 0.322 e. The molecule has 0 fully saturated rings. The van der Waals surface area contributed by atoms with Crippen LogP contribution in [0.3, 0.4) is 0 Å². The van der Waals surface area contributed by atoms with E-state index in [4.69, 9.17) is 23.4 Å². The van der Waals surface area contributed by atoms with Crippen LogP contribution >= 0.6 is 0 Å². The second-order valence-electron chi connectivity index (χ2n) is 5.96. The highest BCUT2D eigenvalue weighted by Gasteiger charge is 2.18. The third kappa shape index (κ3) is 4.62. The van der Waals surface area contributed by atoms with E-state index in [9.17, 15) is 4.79 Å². The Labute approximate surface area is 173 Å². The Morgan fingerprint density at radius 1 is 0.933 bits per heavy atom. The zero-order valence-corrected chi connectivity index (χ0v) is 17.2. The molecule has 1 amide bonds. The molecule has 0 spiro atoms. The summed E-state index contributed by atoms with van der Waals surface area (Å²) in [6.45, 7) is 4.78. The second kappa shape index (κ2) is 9.64. The van der Waals surface area contributed by atoms with Crippen LogP contribution in [0.5, 0.6) is 23.0 Å². The van der Waals surface area contributed by atoms with Crippen molar-refractivity contribution in [3.63, 3.8) is 0 Å². The molecule has 0 saturated heterocycles. The van der Waals surface area contributed by atoms with Crippen molar-refractivity contribution in [3.8, 4) is 34.5 Å². The Kier molecular flexibility index (Phi) is 6.74. The quantitative estimate of drug-likeness (QED) is 0.565. The molecular formula is C21H23N3O6. The second-order valence-corrected chi connectivity index (χ2v) is 5.96. The molecule has 0 unspecified atom stereocenters. The number of ether oxygens (including phenoxy) is 4. The van der Waals surface area contributed by atoms with Crippen molar-refractivity contribution in [2.45, 2.75) is 13.8 Å². The minimum absolute atomic E-state index is 0.0493. The van der Waals surface area contributed by atoms with Gasteiger partial charge in [-0.3, -0.25) is 10.1 Å². The standard InChI is InChI=1S/C21H23N3O6/c1-5-28-17-9-7-13(11-18(17)29-6-2)20-23-24-21(30-20)22-19(25)15-12-14(26-3)8-10-16(15)27-4/h7-12H,5-6H2,1-4H3,(H,22,24,25). The van der Waals surface area contributed by atoms with Crippen LogP contribution in [0.15, 0.2) is 40.8 Å². The number of carbonyl (C=O) groups is 1. The molecule has 3 rings (SSSR count). The molecule has 0 bridgehead atoms. The summed E-state index contributed by atoms with van der Waals surface area (Å²) in [7, 11) is 2.99. The van der Waals surface area contributed by atoms with Crippen LogP contribution < -0.4 is 24.3 Å². The molecule has 158 valence electrons. The molecule has 0 atom stereocenters. The predicted octanol–water partition coefficient (Wildman–Crippen LogP) is 3.80. The monoisotopic (exact) mass is 413 g/mol. The first-order chi connectivity index (χ1) is 14.6. The molecule has 0 saturated carbocycles. The first-order valence-corrected chi connectivity index (χ1v) is 9.36. The Bertz CT molecular complexity index is 1020. The molecule has 0 aliphatic rings.